The standard InChI is InChI=1S/C20H23NO6/c1-13-10-17(14(2)21(13)9-8-19(24)26-3)18(23)12-27-20(25)16-6-4-15(11-22)5-7-16/h4-7,10,22H,8-9,11-12H2,1-3H3. The molecule has 0 aliphatic carbocycles. The van der Waals surface area contributed by atoms with Gasteiger partial charge in [0.25, 0.3) is 0 Å². The van der Waals surface area contributed by atoms with Gasteiger partial charge in [0.05, 0.1) is 25.7 Å². The minimum Gasteiger partial charge on any atom is -0.469 e. The highest BCUT2D eigenvalue weighted by molar-refractivity contribution is 6.00. The van der Waals surface area contributed by atoms with Crippen LogP contribution in [0, 0.1) is 13.8 Å². The van der Waals surface area contributed by atoms with Crippen LogP contribution in [0.2, 0.25) is 0 Å². The number of ether oxygens (including phenoxy) is 2. The molecule has 0 radical (unpaired) electrons. The number of hydrogen-bond acceptors (Lipinski definition) is 6. The van der Waals surface area contributed by atoms with E-state index in [1.54, 1.807) is 25.1 Å². The monoisotopic (exact) mass is 373 g/mol. The zero-order chi connectivity index (χ0) is 20.0. The van der Waals surface area contributed by atoms with Crippen molar-refractivity contribution in [2.75, 3.05) is 13.7 Å². The van der Waals surface area contributed by atoms with Crippen LogP contribution in [0.25, 0.3) is 0 Å². The molecule has 27 heavy (non-hydrogen) atoms. The molecule has 0 bridgehead atoms. The van der Waals surface area contributed by atoms with Crippen LogP contribution in [0.3, 0.4) is 0 Å². The minimum absolute atomic E-state index is 0.112. The number of aryl methyl sites for hydroxylation is 1. The smallest absolute Gasteiger partial charge is 0.338 e. The predicted octanol–water partition coefficient (Wildman–Crippen LogP) is 2.20. The summed E-state index contributed by atoms with van der Waals surface area (Å²) >= 11 is 0. The summed E-state index contributed by atoms with van der Waals surface area (Å²) in [5, 5.41) is 9.01. The van der Waals surface area contributed by atoms with Gasteiger partial charge in [-0.3, -0.25) is 9.59 Å². The van der Waals surface area contributed by atoms with Crippen molar-refractivity contribution < 1.29 is 29.0 Å². The first-order chi connectivity index (χ1) is 12.9. The van der Waals surface area contributed by atoms with E-state index in [1.807, 2.05) is 11.5 Å². The number of nitrogens with zero attached hydrogens (tertiary/aromatic N) is 1. The molecule has 7 heteroatoms. The third-order valence-corrected chi connectivity index (χ3v) is 4.35. The molecule has 0 saturated carbocycles. The first-order valence-electron chi connectivity index (χ1n) is 8.51. The molecule has 7 nitrogen and oxygen atoms in total. The molecule has 0 unspecified atom stereocenters. The number of aromatic nitrogens is 1. The first kappa shape index (κ1) is 20.4. The molecule has 1 aromatic heterocycles. The largest absolute Gasteiger partial charge is 0.469 e. The minimum atomic E-state index is -0.604. The van der Waals surface area contributed by atoms with Crippen LogP contribution in [0.1, 0.15) is 44.1 Å². The Morgan fingerprint density at radius 2 is 1.78 bits per heavy atom. The molecule has 0 spiro atoms. The Balaban J connectivity index is 2.00. The van der Waals surface area contributed by atoms with Gasteiger partial charge in [0, 0.05) is 23.5 Å². The summed E-state index contributed by atoms with van der Waals surface area (Å²) in [6, 6.07) is 8.04. The molecule has 2 rings (SSSR count). The fourth-order valence-electron chi connectivity index (χ4n) is 2.77. The SMILES string of the molecule is COC(=O)CCn1c(C)cc(C(=O)COC(=O)c2ccc(CO)cc2)c1C. The van der Waals surface area contributed by atoms with Crippen LogP contribution >= 0.6 is 0 Å². The van der Waals surface area contributed by atoms with Crippen molar-refractivity contribution in [2.45, 2.75) is 33.4 Å². The van der Waals surface area contributed by atoms with Crippen molar-refractivity contribution in [3.63, 3.8) is 0 Å². The summed E-state index contributed by atoms with van der Waals surface area (Å²) in [5.74, 6) is -1.24. The first-order valence-corrected chi connectivity index (χ1v) is 8.51. The number of rotatable bonds is 8. The zero-order valence-corrected chi connectivity index (χ0v) is 15.7. The molecule has 2 aromatic rings. The van der Waals surface area contributed by atoms with Crippen molar-refractivity contribution in [1.82, 2.24) is 4.57 Å². The molecule has 0 aliphatic rings. The predicted molar refractivity (Wildman–Crippen MR) is 97.5 cm³/mol. The van der Waals surface area contributed by atoms with E-state index in [1.165, 1.54) is 19.2 Å². The van der Waals surface area contributed by atoms with Crippen molar-refractivity contribution in [3.05, 3.63) is 58.4 Å². The maximum absolute atomic E-state index is 12.4. The number of hydrogen-bond donors (Lipinski definition) is 1. The Morgan fingerprint density at radius 3 is 2.37 bits per heavy atom. The Hall–Kier alpha value is -2.93. The van der Waals surface area contributed by atoms with Crippen LogP contribution in [-0.4, -0.2) is 41.1 Å². The van der Waals surface area contributed by atoms with E-state index in [4.69, 9.17) is 9.84 Å². The number of esters is 2. The van der Waals surface area contributed by atoms with Gasteiger partial charge in [-0.2, -0.15) is 0 Å². The summed E-state index contributed by atoms with van der Waals surface area (Å²) in [4.78, 5) is 35.8. The lowest BCUT2D eigenvalue weighted by Gasteiger charge is -2.09. The topological polar surface area (TPSA) is 94.8 Å². The molecule has 0 fully saturated rings. The van der Waals surface area contributed by atoms with E-state index < -0.39 is 5.97 Å². The lowest BCUT2D eigenvalue weighted by molar-refractivity contribution is -0.140. The third kappa shape index (κ3) is 5.04. The molecule has 144 valence electrons. The number of benzene rings is 1. The van der Waals surface area contributed by atoms with Gasteiger partial charge in [0.2, 0.25) is 5.78 Å². The Kier molecular flexibility index (Phi) is 6.90. The molecule has 1 heterocycles. The van der Waals surface area contributed by atoms with E-state index in [-0.39, 0.29) is 31.4 Å². The number of Topliss-reactive ketones (excluding diaryl/α,β-unsaturated/α-hetero) is 1. The van der Waals surface area contributed by atoms with Gasteiger partial charge in [-0.15, -0.1) is 0 Å². The van der Waals surface area contributed by atoms with Gasteiger partial charge in [0.15, 0.2) is 6.61 Å². The van der Waals surface area contributed by atoms with Crippen molar-refractivity contribution in [3.8, 4) is 0 Å². The number of carbonyl (C=O) groups excluding carboxylic acids is 3. The molecule has 0 amide bonds. The Bertz CT molecular complexity index is 835. The third-order valence-electron chi connectivity index (χ3n) is 4.35. The normalized spacial score (nSPS) is 10.5. The second-order valence-corrected chi connectivity index (χ2v) is 6.12. The second-order valence-electron chi connectivity index (χ2n) is 6.12. The van der Waals surface area contributed by atoms with Crippen molar-refractivity contribution in [1.29, 1.82) is 0 Å². The quantitative estimate of drug-likeness (QED) is 0.563. The van der Waals surface area contributed by atoms with E-state index >= 15 is 0 Å². The van der Waals surface area contributed by atoms with Gasteiger partial charge in [-0.1, -0.05) is 12.1 Å². The van der Waals surface area contributed by atoms with Crippen LogP contribution in [0.4, 0.5) is 0 Å². The maximum Gasteiger partial charge on any atom is 0.338 e. The Morgan fingerprint density at radius 1 is 1.11 bits per heavy atom. The average molecular weight is 373 g/mol. The van der Waals surface area contributed by atoms with Crippen molar-refractivity contribution >= 4 is 17.7 Å². The maximum atomic E-state index is 12.4. The van der Waals surface area contributed by atoms with E-state index in [0.717, 1.165) is 5.69 Å². The lowest BCUT2D eigenvalue weighted by Crippen LogP contribution is -2.15. The van der Waals surface area contributed by atoms with E-state index in [2.05, 4.69) is 4.74 Å². The van der Waals surface area contributed by atoms with Crippen LogP contribution < -0.4 is 0 Å². The van der Waals surface area contributed by atoms with Gasteiger partial charge in [-0.05, 0) is 37.6 Å². The van der Waals surface area contributed by atoms with Gasteiger partial charge in [0.1, 0.15) is 0 Å². The van der Waals surface area contributed by atoms with Crippen LogP contribution in [-0.2, 0) is 27.4 Å². The molecular weight excluding hydrogens is 350 g/mol. The molecule has 1 N–H and O–H groups in total. The molecule has 1 aromatic carbocycles. The molecule has 0 aliphatic heterocycles. The average Bonchev–Trinajstić information content (AvgIpc) is 2.97. The van der Waals surface area contributed by atoms with Crippen molar-refractivity contribution in [2.24, 2.45) is 0 Å². The fraction of sp³-hybridized carbons (Fsp3) is 0.350. The van der Waals surface area contributed by atoms with Crippen LogP contribution in [0.5, 0.6) is 0 Å². The van der Waals surface area contributed by atoms with Gasteiger partial charge in [-0.25, -0.2) is 4.79 Å². The van der Waals surface area contributed by atoms with E-state index in [0.29, 0.717) is 28.9 Å². The van der Waals surface area contributed by atoms with E-state index in [9.17, 15) is 14.4 Å². The number of aliphatic hydroxyl groups excluding tert-OH is 1. The summed E-state index contributed by atoms with van der Waals surface area (Å²) in [6.07, 6.45) is 0.208. The fourth-order valence-corrected chi connectivity index (χ4v) is 2.77. The molecule has 0 atom stereocenters. The summed E-state index contributed by atoms with van der Waals surface area (Å²) in [6.45, 7) is 3.55. The number of aliphatic hydroxyl groups is 1. The summed E-state index contributed by atoms with van der Waals surface area (Å²) < 4.78 is 11.6. The van der Waals surface area contributed by atoms with Gasteiger partial charge >= 0.3 is 11.9 Å². The Labute approximate surface area is 157 Å². The second kappa shape index (κ2) is 9.14. The lowest BCUT2D eigenvalue weighted by atomic mass is 10.1. The molecular formula is C20H23NO6. The highest BCUT2D eigenvalue weighted by Crippen LogP contribution is 2.17. The highest BCUT2D eigenvalue weighted by atomic mass is 16.5. The zero-order valence-electron chi connectivity index (χ0n) is 15.7. The number of methoxy groups -OCH3 is 1. The molecule has 0 saturated heterocycles. The number of carbonyl (C=O) groups is 3. The highest BCUT2D eigenvalue weighted by Gasteiger charge is 2.18. The summed E-state index contributed by atoms with van der Waals surface area (Å²) in [7, 11) is 1.33. The van der Waals surface area contributed by atoms with Crippen LogP contribution in [0.15, 0.2) is 30.3 Å². The summed E-state index contributed by atoms with van der Waals surface area (Å²) in [5.41, 5.74) is 3.00. The number of ketones is 1. The van der Waals surface area contributed by atoms with Gasteiger partial charge < -0.3 is 19.1 Å².